The average molecular weight is 318 g/mol. The normalized spacial score (nSPS) is 17.4. The van der Waals surface area contributed by atoms with Gasteiger partial charge in [-0.25, -0.2) is 4.79 Å². The molecule has 0 aliphatic carbocycles. The Labute approximate surface area is 133 Å². The Morgan fingerprint density at radius 2 is 2.00 bits per heavy atom. The molecule has 1 aliphatic rings. The Hall–Kier alpha value is -2.83. The third-order valence-corrected chi connectivity index (χ3v) is 3.50. The van der Waals surface area contributed by atoms with E-state index in [0.29, 0.717) is 25.1 Å². The number of aliphatic carboxylic acids is 1. The van der Waals surface area contributed by atoms with Gasteiger partial charge in [-0.2, -0.15) is 0 Å². The molecule has 0 radical (unpaired) electrons. The lowest BCUT2D eigenvalue weighted by atomic mass is 10.2. The first-order valence-electron chi connectivity index (χ1n) is 7.20. The van der Waals surface area contributed by atoms with Crippen LogP contribution in [0.1, 0.15) is 18.4 Å². The van der Waals surface area contributed by atoms with Crippen molar-refractivity contribution in [1.29, 1.82) is 0 Å². The highest BCUT2D eigenvalue weighted by atomic mass is 16.5. The number of carboxylic acid groups (broad SMARTS) is 1. The van der Waals surface area contributed by atoms with Crippen molar-refractivity contribution < 1.29 is 24.2 Å². The lowest BCUT2D eigenvalue weighted by Crippen LogP contribution is -2.39. The number of hydrogen-bond donors (Lipinski definition) is 2. The minimum atomic E-state index is -0.972. The highest BCUT2D eigenvalue weighted by Crippen LogP contribution is 2.18. The number of nitrogens with two attached hydrogens (primary N) is 1. The minimum absolute atomic E-state index is 0.195. The summed E-state index contributed by atoms with van der Waals surface area (Å²) >= 11 is 0. The Bertz CT molecular complexity index is 624. The van der Waals surface area contributed by atoms with Crippen molar-refractivity contribution in [3.05, 3.63) is 35.9 Å². The number of ether oxygens (including phenoxy) is 1. The lowest BCUT2D eigenvalue weighted by Gasteiger charge is -2.19. The second-order valence-electron chi connectivity index (χ2n) is 5.19. The molecule has 1 fully saturated rings. The first-order valence-corrected chi connectivity index (χ1v) is 7.20. The monoisotopic (exact) mass is 318 g/mol. The number of carboxylic acids is 1. The van der Waals surface area contributed by atoms with Crippen molar-refractivity contribution in [3.63, 3.8) is 0 Å². The van der Waals surface area contributed by atoms with Crippen LogP contribution < -0.4 is 10.5 Å². The average Bonchev–Trinajstić information content (AvgIpc) is 3.01. The Morgan fingerprint density at radius 3 is 2.61 bits per heavy atom. The highest BCUT2D eigenvalue weighted by Gasteiger charge is 2.32. The largest absolute Gasteiger partial charge is 0.484 e. The molecule has 0 bridgehead atoms. The fourth-order valence-electron chi connectivity index (χ4n) is 2.38. The standard InChI is InChI=1S/C16H18N2O5/c17-14(19)10-23-12-6-3-11(4-7-12)5-8-15(20)18-9-1-2-13(18)16(21)22/h3-8,13H,1-2,9-10H2,(H2,17,19)(H,21,22). The predicted molar refractivity (Wildman–Crippen MR) is 82.5 cm³/mol. The van der Waals surface area contributed by atoms with Gasteiger partial charge in [0, 0.05) is 12.6 Å². The predicted octanol–water partition coefficient (Wildman–Crippen LogP) is 0.639. The molecule has 1 aromatic rings. The fourth-order valence-corrected chi connectivity index (χ4v) is 2.38. The number of amides is 2. The maximum atomic E-state index is 12.1. The molecule has 1 aromatic carbocycles. The topological polar surface area (TPSA) is 110 Å². The van der Waals surface area contributed by atoms with E-state index in [9.17, 15) is 14.4 Å². The van der Waals surface area contributed by atoms with E-state index in [2.05, 4.69) is 0 Å². The summed E-state index contributed by atoms with van der Waals surface area (Å²) in [5.41, 5.74) is 5.74. The van der Waals surface area contributed by atoms with Gasteiger partial charge in [0.05, 0.1) is 0 Å². The van der Waals surface area contributed by atoms with Crippen molar-refractivity contribution in [2.24, 2.45) is 5.73 Å². The van der Waals surface area contributed by atoms with Crippen LogP contribution in [0.15, 0.2) is 30.3 Å². The molecule has 1 unspecified atom stereocenters. The van der Waals surface area contributed by atoms with Crippen LogP contribution in [-0.2, 0) is 14.4 Å². The summed E-state index contributed by atoms with van der Waals surface area (Å²) in [6.45, 7) is 0.263. The SMILES string of the molecule is NC(=O)COc1ccc(C=CC(=O)N2CCCC2C(=O)O)cc1. The van der Waals surface area contributed by atoms with E-state index in [0.717, 1.165) is 5.56 Å². The summed E-state index contributed by atoms with van der Waals surface area (Å²) in [4.78, 5) is 35.1. The smallest absolute Gasteiger partial charge is 0.326 e. The van der Waals surface area contributed by atoms with E-state index in [1.807, 2.05) is 0 Å². The third kappa shape index (κ3) is 4.57. The highest BCUT2D eigenvalue weighted by molar-refractivity contribution is 5.94. The van der Waals surface area contributed by atoms with Gasteiger partial charge in [-0.05, 0) is 36.6 Å². The van der Waals surface area contributed by atoms with Gasteiger partial charge in [-0.15, -0.1) is 0 Å². The second kappa shape index (κ2) is 7.44. The van der Waals surface area contributed by atoms with Gasteiger partial charge in [0.25, 0.3) is 5.91 Å². The summed E-state index contributed by atoms with van der Waals surface area (Å²) in [5, 5.41) is 9.07. The van der Waals surface area contributed by atoms with Crippen LogP contribution in [0, 0.1) is 0 Å². The van der Waals surface area contributed by atoms with E-state index in [1.54, 1.807) is 30.3 Å². The molecule has 3 N–H and O–H groups in total. The van der Waals surface area contributed by atoms with E-state index >= 15 is 0 Å². The zero-order valence-corrected chi connectivity index (χ0v) is 12.5. The molecule has 2 amide bonds. The molecule has 23 heavy (non-hydrogen) atoms. The van der Waals surface area contributed by atoms with Gasteiger partial charge in [0.15, 0.2) is 6.61 Å². The zero-order chi connectivity index (χ0) is 16.8. The van der Waals surface area contributed by atoms with Crippen LogP contribution >= 0.6 is 0 Å². The van der Waals surface area contributed by atoms with E-state index in [1.165, 1.54) is 11.0 Å². The van der Waals surface area contributed by atoms with Gasteiger partial charge in [0.1, 0.15) is 11.8 Å². The molecule has 7 nitrogen and oxygen atoms in total. The van der Waals surface area contributed by atoms with Crippen LogP contribution in [-0.4, -0.2) is 47.0 Å². The summed E-state index contributed by atoms with van der Waals surface area (Å²) in [7, 11) is 0. The summed E-state index contributed by atoms with van der Waals surface area (Å²) in [5.74, 6) is -1.35. The Kier molecular flexibility index (Phi) is 5.35. The van der Waals surface area contributed by atoms with Crippen molar-refractivity contribution in [2.45, 2.75) is 18.9 Å². The molecular formula is C16H18N2O5. The molecule has 1 saturated heterocycles. The molecule has 1 atom stereocenters. The molecule has 1 aliphatic heterocycles. The molecule has 122 valence electrons. The first kappa shape index (κ1) is 16.5. The zero-order valence-electron chi connectivity index (χ0n) is 12.5. The van der Waals surface area contributed by atoms with Crippen molar-refractivity contribution in [1.82, 2.24) is 4.90 Å². The number of benzene rings is 1. The molecule has 0 saturated carbocycles. The number of carbonyl (C=O) groups excluding carboxylic acids is 2. The number of likely N-dealkylation sites (tertiary alicyclic amines) is 1. The number of carbonyl (C=O) groups is 3. The fraction of sp³-hybridized carbons (Fsp3) is 0.312. The quantitative estimate of drug-likeness (QED) is 0.748. The van der Waals surface area contributed by atoms with Gasteiger partial charge in [-0.1, -0.05) is 12.1 Å². The van der Waals surface area contributed by atoms with Crippen molar-refractivity contribution in [2.75, 3.05) is 13.2 Å². The van der Waals surface area contributed by atoms with Gasteiger partial charge < -0.3 is 20.5 Å². The van der Waals surface area contributed by atoms with Crippen LogP contribution in [0.2, 0.25) is 0 Å². The van der Waals surface area contributed by atoms with Crippen molar-refractivity contribution in [3.8, 4) is 5.75 Å². The third-order valence-electron chi connectivity index (χ3n) is 3.50. The van der Waals surface area contributed by atoms with E-state index < -0.39 is 17.9 Å². The number of nitrogens with zero attached hydrogens (tertiary/aromatic N) is 1. The van der Waals surface area contributed by atoms with Crippen LogP contribution in [0.5, 0.6) is 5.75 Å². The summed E-state index contributed by atoms with van der Waals surface area (Å²) < 4.78 is 5.13. The minimum Gasteiger partial charge on any atom is -0.484 e. The second-order valence-corrected chi connectivity index (χ2v) is 5.19. The Morgan fingerprint density at radius 1 is 1.30 bits per heavy atom. The van der Waals surface area contributed by atoms with E-state index in [4.69, 9.17) is 15.6 Å². The number of rotatable bonds is 6. The van der Waals surface area contributed by atoms with Crippen LogP contribution in [0.25, 0.3) is 6.08 Å². The van der Waals surface area contributed by atoms with Gasteiger partial charge in [0.2, 0.25) is 5.91 Å². The lowest BCUT2D eigenvalue weighted by molar-refractivity contribution is -0.146. The van der Waals surface area contributed by atoms with Gasteiger partial charge >= 0.3 is 5.97 Å². The maximum Gasteiger partial charge on any atom is 0.326 e. The molecule has 0 spiro atoms. The molecule has 7 heteroatoms. The molecule has 1 heterocycles. The molecule has 0 aromatic heterocycles. The number of hydrogen-bond acceptors (Lipinski definition) is 4. The van der Waals surface area contributed by atoms with Crippen LogP contribution in [0.3, 0.4) is 0 Å². The summed E-state index contributed by atoms with van der Waals surface area (Å²) in [6, 6.07) is 6.01. The Balaban J connectivity index is 1.95. The van der Waals surface area contributed by atoms with Crippen molar-refractivity contribution >= 4 is 23.9 Å². The molecule has 2 rings (SSSR count). The summed E-state index contributed by atoms with van der Waals surface area (Å²) in [6.07, 6.45) is 4.15. The first-order chi connectivity index (χ1) is 11.0. The van der Waals surface area contributed by atoms with Crippen LogP contribution in [0.4, 0.5) is 0 Å². The van der Waals surface area contributed by atoms with Gasteiger partial charge in [-0.3, -0.25) is 9.59 Å². The number of primary amides is 1. The molecular weight excluding hydrogens is 300 g/mol. The maximum absolute atomic E-state index is 12.1. The van der Waals surface area contributed by atoms with E-state index in [-0.39, 0.29) is 12.5 Å².